The maximum Gasteiger partial charge on any atom is -0.0322 e. The van der Waals surface area contributed by atoms with Crippen molar-refractivity contribution in [1.29, 1.82) is 0 Å². The van der Waals surface area contributed by atoms with E-state index in [1.807, 2.05) is 0 Å². The van der Waals surface area contributed by atoms with Crippen LogP contribution >= 0.6 is 0 Å². The van der Waals surface area contributed by atoms with Gasteiger partial charge in [-0.3, -0.25) is 0 Å². The Hall–Kier alpha value is -0.260. The van der Waals surface area contributed by atoms with E-state index in [4.69, 9.17) is 0 Å². The maximum atomic E-state index is 3.90. The summed E-state index contributed by atoms with van der Waals surface area (Å²) in [5, 5.41) is 0. The van der Waals surface area contributed by atoms with Crippen molar-refractivity contribution in [3.05, 3.63) is 26.0 Å². The highest BCUT2D eigenvalue weighted by Gasteiger charge is 2.02. The quantitative estimate of drug-likeness (QED) is 0.282. The fourth-order valence-electron chi connectivity index (χ4n) is 2.12. The summed E-state index contributed by atoms with van der Waals surface area (Å²) in [6, 6.07) is 0. The van der Waals surface area contributed by atoms with Crippen molar-refractivity contribution in [2.24, 2.45) is 5.92 Å². The Kier molecular flexibility index (Phi) is 13.6. The van der Waals surface area contributed by atoms with Gasteiger partial charge in [-0.25, -0.2) is 0 Å². The maximum absolute atomic E-state index is 3.90. The Morgan fingerprint density at radius 3 is 2.24 bits per heavy atom. The second-order valence-electron chi connectivity index (χ2n) is 5.03. The van der Waals surface area contributed by atoms with E-state index in [2.05, 4.69) is 32.9 Å². The van der Waals surface area contributed by atoms with Crippen LogP contribution in [-0.4, -0.2) is 0 Å². The molecule has 17 heavy (non-hydrogen) atoms. The number of rotatable bonds is 12. The average Bonchev–Trinajstić information content (AvgIpc) is 2.35. The first kappa shape index (κ1) is 16.7. The van der Waals surface area contributed by atoms with Gasteiger partial charge in [0.05, 0.1) is 0 Å². The van der Waals surface area contributed by atoms with Gasteiger partial charge in [0.25, 0.3) is 0 Å². The smallest absolute Gasteiger partial charge is 0.0322 e. The Bertz CT molecular complexity index is 157. The molecule has 0 heteroatoms. The molecule has 1 atom stereocenters. The molecule has 0 aliphatic rings. The van der Waals surface area contributed by atoms with Crippen LogP contribution in [-0.2, 0) is 0 Å². The van der Waals surface area contributed by atoms with Crippen molar-refractivity contribution < 1.29 is 0 Å². The van der Waals surface area contributed by atoms with Crippen molar-refractivity contribution >= 4 is 0 Å². The first-order valence-electron chi connectivity index (χ1n) is 7.58. The van der Waals surface area contributed by atoms with Gasteiger partial charge in [0, 0.05) is 0 Å². The predicted molar refractivity (Wildman–Crippen MR) is 79.8 cm³/mol. The third-order valence-electron chi connectivity index (χ3n) is 3.45. The van der Waals surface area contributed by atoms with Gasteiger partial charge >= 0.3 is 0 Å². The fraction of sp³-hybridized carbons (Fsp3) is 0.765. The zero-order chi connectivity index (χ0) is 12.8. The summed E-state index contributed by atoms with van der Waals surface area (Å²) in [5.41, 5.74) is 0. The summed E-state index contributed by atoms with van der Waals surface area (Å²) >= 11 is 0. The molecule has 0 rings (SSSR count). The van der Waals surface area contributed by atoms with Crippen LogP contribution in [0, 0.1) is 19.8 Å². The van der Waals surface area contributed by atoms with E-state index in [0.717, 1.165) is 18.8 Å². The lowest BCUT2D eigenvalue weighted by atomic mass is 9.95. The van der Waals surface area contributed by atoms with E-state index in [-0.39, 0.29) is 0 Å². The SMILES string of the molecule is [CH2]CCCCCC=CCC(CC)CCCC[CH2]. The first-order valence-corrected chi connectivity index (χ1v) is 7.58. The van der Waals surface area contributed by atoms with E-state index in [9.17, 15) is 0 Å². The highest BCUT2D eigenvalue weighted by Crippen LogP contribution is 2.18. The molecule has 1 unspecified atom stereocenters. The molecule has 0 aromatic rings. The molecule has 0 aliphatic carbocycles. The normalized spacial score (nSPS) is 13.4. The summed E-state index contributed by atoms with van der Waals surface area (Å²) in [6.45, 7) is 10.1. The van der Waals surface area contributed by atoms with Crippen molar-refractivity contribution in [1.82, 2.24) is 0 Å². The van der Waals surface area contributed by atoms with E-state index in [1.165, 1.54) is 57.8 Å². The Morgan fingerprint density at radius 2 is 1.59 bits per heavy atom. The summed E-state index contributed by atoms with van der Waals surface area (Å²) in [4.78, 5) is 0. The third-order valence-corrected chi connectivity index (χ3v) is 3.45. The molecule has 0 heterocycles. The van der Waals surface area contributed by atoms with Gasteiger partial charge in [-0.05, 0) is 25.2 Å². The first-order chi connectivity index (χ1) is 8.35. The molecule has 0 aliphatic heterocycles. The van der Waals surface area contributed by atoms with E-state index >= 15 is 0 Å². The van der Waals surface area contributed by atoms with Crippen LogP contribution in [0.3, 0.4) is 0 Å². The van der Waals surface area contributed by atoms with Crippen LogP contribution in [0.2, 0.25) is 0 Å². The molecule has 0 nitrogen and oxygen atoms in total. The monoisotopic (exact) mass is 236 g/mol. The third kappa shape index (κ3) is 12.0. The van der Waals surface area contributed by atoms with Gasteiger partial charge in [0.15, 0.2) is 0 Å². The largest absolute Gasteiger partial charge is 0.0885 e. The average molecular weight is 236 g/mol. The summed E-state index contributed by atoms with van der Waals surface area (Å²) in [6.07, 6.45) is 18.8. The van der Waals surface area contributed by atoms with Crippen LogP contribution in [0.5, 0.6) is 0 Å². The molecule has 0 fully saturated rings. The molecule has 0 aromatic heterocycles. The lowest BCUT2D eigenvalue weighted by molar-refractivity contribution is 0.451. The van der Waals surface area contributed by atoms with Crippen LogP contribution in [0.4, 0.5) is 0 Å². The Labute approximate surface area is 110 Å². The van der Waals surface area contributed by atoms with Crippen LogP contribution in [0.25, 0.3) is 0 Å². The van der Waals surface area contributed by atoms with E-state index in [0.29, 0.717) is 0 Å². The van der Waals surface area contributed by atoms with Gasteiger partial charge in [-0.2, -0.15) is 0 Å². The molecule has 0 spiro atoms. The summed E-state index contributed by atoms with van der Waals surface area (Å²) < 4.78 is 0. The predicted octanol–water partition coefficient (Wildman–Crippen LogP) is 6.14. The molecular formula is C17H32. The van der Waals surface area contributed by atoms with Crippen LogP contribution in [0.1, 0.15) is 77.6 Å². The second kappa shape index (κ2) is 13.8. The van der Waals surface area contributed by atoms with Gasteiger partial charge in [-0.15, -0.1) is 0 Å². The zero-order valence-electron chi connectivity index (χ0n) is 11.9. The van der Waals surface area contributed by atoms with E-state index < -0.39 is 0 Å². The molecule has 0 aromatic carbocycles. The molecule has 0 saturated carbocycles. The number of unbranched alkanes of at least 4 members (excludes halogenated alkanes) is 6. The van der Waals surface area contributed by atoms with Gasteiger partial charge < -0.3 is 0 Å². The summed E-state index contributed by atoms with van der Waals surface area (Å²) in [5.74, 6) is 0.901. The van der Waals surface area contributed by atoms with E-state index in [1.54, 1.807) is 0 Å². The highest BCUT2D eigenvalue weighted by molar-refractivity contribution is 4.83. The lowest BCUT2D eigenvalue weighted by Gasteiger charge is -2.11. The molecule has 0 amide bonds. The van der Waals surface area contributed by atoms with Crippen molar-refractivity contribution in [3.63, 3.8) is 0 Å². The van der Waals surface area contributed by atoms with Crippen molar-refractivity contribution in [2.45, 2.75) is 77.6 Å². The second-order valence-corrected chi connectivity index (χ2v) is 5.03. The van der Waals surface area contributed by atoms with Crippen molar-refractivity contribution in [2.75, 3.05) is 0 Å². The van der Waals surface area contributed by atoms with Crippen LogP contribution in [0.15, 0.2) is 12.2 Å². The number of hydrogen-bond acceptors (Lipinski definition) is 0. The standard InChI is InChI=1S/C17H32/c1-4-7-9-10-11-12-14-16-17(6-3)15-13-8-5-2/h12,14,17H,1-2,4-11,13,15-16H2,3H3. The Morgan fingerprint density at radius 1 is 0.882 bits per heavy atom. The van der Waals surface area contributed by atoms with Gasteiger partial charge in [0.2, 0.25) is 0 Å². The molecule has 0 N–H and O–H groups in total. The highest BCUT2D eigenvalue weighted by atomic mass is 14.1. The van der Waals surface area contributed by atoms with Crippen molar-refractivity contribution in [3.8, 4) is 0 Å². The zero-order valence-corrected chi connectivity index (χ0v) is 11.9. The van der Waals surface area contributed by atoms with Crippen LogP contribution < -0.4 is 0 Å². The molecule has 100 valence electrons. The molecule has 0 saturated heterocycles. The minimum atomic E-state index is 0.901. The number of hydrogen-bond donors (Lipinski definition) is 0. The minimum absolute atomic E-state index is 0.901. The Balaban J connectivity index is 3.43. The summed E-state index contributed by atoms with van der Waals surface area (Å²) in [7, 11) is 0. The topological polar surface area (TPSA) is 0 Å². The lowest BCUT2D eigenvalue weighted by Crippen LogP contribution is -1.96. The molecule has 0 bridgehead atoms. The number of allylic oxidation sites excluding steroid dienone is 2. The molecule has 2 radical (unpaired) electrons. The fourth-order valence-corrected chi connectivity index (χ4v) is 2.12. The van der Waals surface area contributed by atoms with Gasteiger partial charge in [-0.1, -0.05) is 84.3 Å². The van der Waals surface area contributed by atoms with Gasteiger partial charge in [0.1, 0.15) is 0 Å². The minimum Gasteiger partial charge on any atom is -0.0885 e. The molecular weight excluding hydrogens is 204 g/mol.